The summed E-state index contributed by atoms with van der Waals surface area (Å²) in [6.45, 7) is 3.05. The highest BCUT2D eigenvalue weighted by Gasteiger charge is 2.42. The number of hydrogen-bond acceptors (Lipinski definition) is 13. The molecule has 10 amide bonds. The Hall–Kier alpha value is -5.23. The van der Waals surface area contributed by atoms with Gasteiger partial charge in [-0.3, -0.25) is 48.4 Å². The Morgan fingerprint density at radius 1 is 0.730 bits per heavy atom. The maximum absolute atomic E-state index is 13.5. The van der Waals surface area contributed by atoms with Crippen LogP contribution in [-0.4, -0.2) is 137 Å². The Labute approximate surface area is 371 Å². The van der Waals surface area contributed by atoms with E-state index in [4.69, 9.17) is 16.7 Å². The van der Waals surface area contributed by atoms with Gasteiger partial charge in [-0.25, -0.2) is 10.3 Å². The predicted molar refractivity (Wildman–Crippen MR) is 229 cm³/mol. The van der Waals surface area contributed by atoms with E-state index in [2.05, 4.69) is 42.5 Å². The van der Waals surface area contributed by atoms with Crippen LogP contribution in [0.15, 0.2) is 0 Å². The number of unbranched alkanes of at least 4 members (excludes halogenated alkanes) is 3. The number of rotatable bonds is 32. The third-order valence-electron chi connectivity index (χ3n) is 10.4. The normalized spacial score (nSPS) is 18.3. The van der Waals surface area contributed by atoms with Crippen molar-refractivity contribution in [3.8, 4) is 0 Å². The summed E-state index contributed by atoms with van der Waals surface area (Å²) in [5.41, 5.74) is 12.5. The number of fused-ring (bicyclic) bond motifs is 1. The second-order valence-corrected chi connectivity index (χ2v) is 17.4. The fraction of sp³-hybridized carbons (Fsp3) is 0.744. The molecule has 0 aromatic heterocycles. The molecule has 0 aromatic rings. The molecule has 0 aliphatic carbocycles. The SMILES string of the molecule is CC(C)CC(CC(=O)NO)C(=O)N[C@@H](CCCCN)C(=O)N[C@@H](CCC(=O)O)C(=O)NCC(=O)NCC(=O)N[C@@H](CCCCNC(=O)CCCC[C@@H]1SC[C@@H]2NC(=O)N[C@@H]21)C(N)=O. The fourth-order valence-electron chi connectivity index (χ4n) is 7.11. The number of amides is 10. The highest BCUT2D eigenvalue weighted by Crippen LogP contribution is 2.33. The van der Waals surface area contributed by atoms with Gasteiger partial charge in [0.1, 0.15) is 18.1 Å². The van der Waals surface area contributed by atoms with E-state index in [0.29, 0.717) is 56.9 Å². The molecule has 23 nitrogen and oxygen atoms in total. The van der Waals surface area contributed by atoms with Crippen LogP contribution in [0.25, 0.3) is 0 Å². The third kappa shape index (κ3) is 21.6. The lowest BCUT2D eigenvalue weighted by atomic mass is 9.92. The largest absolute Gasteiger partial charge is 0.481 e. The summed E-state index contributed by atoms with van der Waals surface area (Å²) in [5.74, 6) is -6.98. The first-order valence-electron chi connectivity index (χ1n) is 21.5. The first kappa shape index (κ1) is 53.9. The van der Waals surface area contributed by atoms with Crippen molar-refractivity contribution in [2.24, 2.45) is 23.3 Å². The van der Waals surface area contributed by atoms with Gasteiger partial charge in [0, 0.05) is 42.7 Å². The Kier molecular flexibility index (Phi) is 25.0. The molecule has 2 aliphatic rings. The molecule has 7 atom stereocenters. The fourth-order valence-corrected chi connectivity index (χ4v) is 8.65. The second kappa shape index (κ2) is 29.2. The molecule has 15 N–H and O–H groups in total. The van der Waals surface area contributed by atoms with Crippen molar-refractivity contribution in [2.75, 3.05) is 31.9 Å². The number of aliphatic carboxylic acids is 1. The molecule has 1 unspecified atom stereocenters. The van der Waals surface area contributed by atoms with Crippen LogP contribution in [0, 0.1) is 11.8 Å². The highest BCUT2D eigenvalue weighted by atomic mass is 32.2. The average Bonchev–Trinajstić information content (AvgIpc) is 3.79. The molecule has 2 heterocycles. The number of urea groups is 1. The molecule has 0 bridgehead atoms. The predicted octanol–water partition coefficient (Wildman–Crippen LogP) is -2.28. The third-order valence-corrected chi connectivity index (χ3v) is 11.9. The average molecular weight is 914 g/mol. The summed E-state index contributed by atoms with van der Waals surface area (Å²) in [6.07, 6.45) is 3.91. The van der Waals surface area contributed by atoms with Crippen molar-refractivity contribution in [3.05, 3.63) is 0 Å². The minimum absolute atomic E-state index is 0.0247. The molecule has 0 spiro atoms. The van der Waals surface area contributed by atoms with Crippen LogP contribution in [-0.2, 0) is 43.2 Å². The van der Waals surface area contributed by atoms with Crippen LogP contribution in [0.1, 0.15) is 104 Å². The zero-order valence-electron chi connectivity index (χ0n) is 36.1. The van der Waals surface area contributed by atoms with Gasteiger partial charge >= 0.3 is 12.0 Å². The molecule has 2 rings (SSSR count). The molecular weight excluding hydrogens is 847 g/mol. The van der Waals surface area contributed by atoms with Gasteiger partial charge < -0.3 is 59.1 Å². The summed E-state index contributed by atoms with van der Waals surface area (Å²) >= 11 is 1.82. The molecular formula is C39H67N11O12S. The number of hydroxylamine groups is 1. The van der Waals surface area contributed by atoms with Gasteiger partial charge in [-0.05, 0) is 76.7 Å². The number of carbonyl (C=O) groups is 10. The van der Waals surface area contributed by atoms with Gasteiger partial charge in [-0.2, -0.15) is 11.8 Å². The van der Waals surface area contributed by atoms with E-state index >= 15 is 0 Å². The van der Waals surface area contributed by atoms with E-state index in [0.717, 1.165) is 18.6 Å². The maximum Gasteiger partial charge on any atom is 0.315 e. The Morgan fingerprint density at radius 3 is 2.06 bits per heavy atom. The maximum atomic E-state index is 13.5. The van der Waals surface area contributed by atoms with E-state index in [1.54, 1.807) is 0 Å². The number of thioether (sulfide) groups is 1. The van der Waals surface area contributed by atoms with Crippen molar-refractivity contribution < 1.29 is 58.3 Å². The van der Waals surface area contributed by atoms with Crippen molar-refractivity contribution >= 4 is 71.0 Å². The van der Waals surface area contributed by atoms with Crippen molar-refractivity contribution in [1.82, 2.24) is 48.0 Å². The second-order valence-electron chi connectivity index (χ2n) is 16.1. The number of carboxylic acids is 1. The van der Waals surface area contributed by atoms with E-state index < -0.39 is 90.9 Å². The van der Waals surface area contributed by atoms with Crippen LogP contribution in [0.5, 0.6) is 0 Å². The van der Waals surface area contributed by atoms with Gasteiger partial charge in [-0.15, -0.1) is 0 Å². The summed E-state index contributed by atoms with van der Waals surface area (Å²) < 4.78 is 0. The molecule has 0 radical (unpaired) electrons. The van der Waals surface area contributed by atoms with Crippen molar-refractivity contribution in [3.63, 3.8) is 0 Å². The van der Waals surface area contributed by atoms with Crippen LogP contribution in [0.2, 0.25) is 0 Å². The van der Waals surface area contributed by atoms with Crippen LogP contribution < -0.4 is 59.5 Å². The number of carboxylic acid groups (broad SMARTS) is 1. The topological polar surface area (TPSA) is 371 Å². The van der Waals surface area contributed by atoms with E-state index in [-0.39, 0.29) is 62.0 Å². The lowest BCUT2D eigenvalue weighted by Gasteiger charge is -2.25. The van der Waals surface area contributed by atoms with E-state index in [1.165, 1.54) is 5.48 Å². The quantitative estimate of drug-likeness (QED) is 0.0147. The Morgan fingerprint density at radius 2 is 1.40 bits per heavy atom. The minimum atomic E-state index is -1.45. The molecule has 63 heavy (non-hydrogen) atoms. The Bertz CT molecular complexity index is 1590. The zero-order valence-corrected chi connectivity index (χ0v) is 36.9. The highest BCUT2D eigenvalue weighted by molar-refractivity contribution is 8.00. The van der Waals surface area contributed by atoms with Gasteiger partial charge in [0.25, 0.3) is 0 Å². The number of hydrogen-bond donors (Lipinski definition) is 13. The first-order chi connectivity index (χ1) is 29.9. The van der Waals surface area contributed by atoms with E-state index in [1.807, 2.05) is 25.6 Å². The van der Waals surface area contributed by atoms with Gasteiger partial charge in [0.2, 0.25) is 47.3 Å². The monoisotopic (exact) mass is 913 g/mol. The Balaban J connectivity index is 1.79. The summed E-state index contributed by atoms with van der Waals surface area (Å²) in [4.78, 5) is 124. The number of nitrogens with two attached hydrogens (primary N) is 2. The van der Waals surface area contributed by atoms with Crippen LogP contribution in [0.4, 0.5) is 4.79 Å². The lowest BCUT2D eigenvalue weighted by molar-refractivity contribution is -0.139. The molecule has 2 fully saturated rings. The van der Waals surface area contributed by atoms with Crippen molar-refractivity contribution in [2.45, 2.75) is 139 Å². The number of nitrogens with one attached hydrogen (secondary N) is 9. The number of carbonyl (C=O) groups excluding carboxylic acids is 9. The number of primary amides is 1. The molecule has 0 saturated carbocycles. The van der Waals surface area contributed by atoms with Crippen LogP contribution >= 0.6 is 11.8 Å². The smallest absolute Gasteiger partial charge is 0.315 e. The molecule has 2 aliphatic heterocycles. The lowest BCUT2D eigenvalue weighted by Crippen LogP contribution is -2.55. The molecule has 356 valence electrons. The minimum Gasteiger partial charge on any atom is -0.481 e. The summed E-state index contributed by atoms with van der Waals surface area (Å²) in [7, 11) is 0. The van der Waals surface area contributed by atoms with Gasteiger partial charge in [-0.1, -0.05) is 20.3 Å². The molecule has 0 aromatic carbocycles. The van der Waals surface area contributed by atoms with Crippen LogP contribution in [0.3, 0.4) is 0 Å². The first-order valence-corrected chi connectivity index (χ1v) is 22.5. The standard InChI is InChI=1S/C39H67N11O12S/c1-22(2)17-23(18-30(52)50-62)36(58)46-25(10-5-7-15-40)38(60)47-26(13-14-33(55)56)37(59)44-19-31(53)43-20-32(54)45-24(35(41)57)9-6-8-16-42-29(51)12-4-3-11-28-34-27(21-63-28)48-39(61)49-34/h22-28,34,62H,3-21,40H2,1-2H3,(H2,41,57)(H,42,51)(H,43,53)(H,44,59)(H,45,54)(H,46,58)(H,47,60)(H,50,52)(H,55,56)(H2,48,49,61)/t23?,24-,25-,26-,27-,28-,34-/m0/s1. The van der Waals surface area contributed by atoms with Gasteiger partial charge in [0.15, 0.2) is 0 Å². The summed E-state index contributed by atoms with van der Waals surface area (Å²) in [5, 5.41) is 39.4. The molecule has 2 saturated heterocycles. The summed E-state index contributed by atoms with van der Waals surface area (Å²) in [6, 6.07) is -3.56. The molecule has 24 heteroatoms. The zero-order chi connectivity index (χ0) is 46.9. The van der Waals surface area contributed by atoms with E-state index in [9.17, 15) is 53.1 Å². The van der Waals surface area contributed by atoms with Gasteiger partial charge in [0.05, 0.1) is 25.2 Å². The van der Waals surface area contributed by atoms with Crippen molar-refractivity contribution in [1.29, 1.82) is 0 Å².